The Kier molecular flexibility index (Phi) is 6.69. The van der Waals surface area contributed by atoms with E-state index < -0.39 is 11.4 Å². The number of aliphatic carboxylic acids is 1. The number of ether oxygens (including phenoxy) is 2. The molecule has 6 nitrogen and oxygen atoms in total. The number of carboxylic acids is 1. The van der Waals surface area contributed by atoms with Crippen LogP contribution in [0.4, 0.5) is 0 Å². The van der Waals surface area contributed by atoms with Gasteiger partial charge in [0.05, 0.1) is 25.6 Å². The molecule has 0 spiro atoms. The average Bonchev–Trinajstić information content (AvgIpc) is 2.47. The molecule has 22 heavy (non-hydrogen) atoms. The SMILES string of the molecule is COc1ccccc1OCCC(=O)NCCC(C)(C)C(=O)O. The molecule has 0 aromatic heterocycles. The summed E-state index contributed by atoms with van der Waals surface area (Å²) in [6, 6.07) is 7.21. The summed E-state index contributed by atoms with van der Waals surface area (Å²) in [7, 11) is 1.55. The van der Waals surface area contributed by atoms with E-state index in [4.69, 9.17) is 14.6 Å². The summed E-state index contributed by atoms with van der Waals surface area (Å²) < 4.78 is 10.7. The van der Waals surface area contributed by atoms with Crippen LogP contribution in [-0.2, 0) is 9.59 Å². The van der Waals surface area contributed by atoms with Gasteiger partial charge in [0.25, 0.3) is 0 Å². The average molecular weight is 309 g/mol. The highest BCUT2D eigenvalue weighted by atomic mass is 16.5. The van der Waals surface area contributed by atoms with Crippen LogP contribution in [0.2, 0.25) is 0 Å². The van der Waals surface area contributed by atoms with E-state index in [1.165, 1.54) is 0 Å². The number of carbonyl (C=O) groups is 2. The van der Waals surface area contributed by atoms with E-state index in [9.17, 15) is 9.59 Å². The highest BCUT2D eigenvalue weighted by Crippen LogP contribution is 2.25. The van der Waals surface area contributed by atoms with Crippen molar-refractivity contribution in [3.8, 4) is 11.5 Å². The van der Waals surface area contributed by atoms with Crippen LogP contribution in [0.3, 0.4) is 0 Å². The van der Waals surface area contributed by atoms with Gasteiger partial charge >= 0.3 is 5.97 Å². The van der Waals surface area contributed by atoms with Crippen LogP contribution < -0.4 is 14.8 Å². The van der Waals surface area contributed by atoms with E-state index in [1.807, 2.05) is 12.1 Å². The number of benzene rings is 1. The van der Waals surface area contributed by atoms with Gasteiger partial charge in [0.2, 0.25) is 5.91 Å². The van der Waals surface area contributed by atoms with Gasteiger partial charge in [0.15, 0.2) is 11.5 Å². The molecule has 0 atom stereocenters. The molecular formula is C16H23NO5. The molecule has 0 aliphatic rings. The van der Waals surface area contributed by atoms with Crippen molar-refractivity contribution in [3.63, 3.8) is 0 Å². The molecule has 0 saturated heterocycles. The molecule has 122 valence electrons. The van der Waals surface area contributed by atoms with Crippen LogP contribution in [0.1, 0.15) is 26.7 Å². The minimum atomic E-state index is -0.874. The number of rotatable bonds is 9. The fraction of sp³-hybridized carbons (Fsp3) is 0.500. The Morgan fingerprint density at radius 1 is 1.23 bits per heavy atom. The molecule has 0 aliphatic carbocycles. The Balaban J connectivity index is 2.28. The number of hydrogen-bond acceptors (Lipinski definition) is 4. The Labute approximate surface area is 130 Å². The highest BCUT2D eigenvalue weighted by molar-refractivity contribution is 5.76. The van der Waals surface area contributed by atoms with Gasteiger partial charge in [0.1, 0.15) is 0 Å². The molecule has 0 heterocycles. The summed E-state index contributed by atoms with van der Waals surface area (Å²) in [5, 5.41) is 11.7. The van der Waals surface area contributed by atoms with Crippen molar-refractivity contribution in [2.75, 3.05) is 20.3 Å². The smallest absolute Gasteiger partial charge is 0.309 e. The Morgan fingerprint density at radius 3 is 2.45 bits per heavy atom. The third-order valence-electron chi connectivity index (χ3n) is 3.31. The van der Waals surface area contributed by atoms with Gasteiger partial charge in [0, 0.05) is 6.54 Å². The minimum Gasteiger partial charge on any atom is -0.493 e. The second kappa shape index (κ2) is 8.26. The highest BCUT2D eigenvalue weighted by Gasteiger charge is 2.26. The number of carboxylic acid groups (broad SMARTS) is 1. The topological polar surface area (TPSA) is 84.9 Å². The Bertz CT molecular complexity index is 513. The van der Waals surface area contributed by atoms with E-state index in [0.29, 0.717) is 24.5 Å². The lowest BCUT2D eigenvalue weighted by atomic mass is 9.90. The number of hydrogen-bond donors (Lipinski definition) is 2. The van der Waals surface area contributed by atoms with E-state index >= 15 is 0 Å². The lowest BCUT2D eigenvalue weighted by Gasteiger charge is -2.18. The lowest BCUT2D eigenvalue weighted by Crippen LogP contribution is -2.32. The zero-order valence-corrected chi connectivity index (χ0v) is 13.2. The monoisotopic (exact) mass is 309 g/mol. The number of carbonyl (C=O) groups excluding carboxylic acids is 1. The van der Waals surface area contributed by atoms with Crippen LogP contribution in [-0.4, -0.2) is 37.2 Å². The summed E-state index contributed by atoms with van der Waals surface area (Å²) >= 11 is 0. The van der Waals surface area contributed by atoms with Gasteiger partial charge in [-0.05, 0) is 32.4 Å². The Morgan fingerprint density at radius 2 is 1.86 bits per heavy atom. The summed E-state index contributed by atoms with van der Waals surface area (Å²) in [5.41, 5.74) is -0.846. The predicted molar refractivity (Wildman–Crippen MR) is 82.1 cm³/mol. The maximum atomic E-state index is 11.7. The van der Waals surface area contributed by atoms with E-state index in [1.54, 1.807) is 33.1 Å². The number of nitrogens with one attached hydrogen (secondary N) is 1. The summed E-state index contributed by atoms with van der Waals surface area (Å²) in [6.07, 6.45) is 0.576. The zero-order chi connectivity index (χ0) is 16.6. The van der Waals surface area contributed by atoms with E-state index in [-0.39, 0.29) is 18.9 Å². The van der Waals surface area contributed by atoms with Gasteiger partial charge < -0.3 is 19.9 Å². The van der Waals surface area contributed by atoms with Gasteiger partial charge in [-0.3, -0.25) is 9.59 Å². The molecule has 1 aromatic carbocycles. The molecule has 0 bridgehead atoms. The largest absolute Gasteiger partial charge is 0.493 e. The number of para-hydroxylation sites is 2. The van der Waals surface area contributed by atoms with Crippen molar-refractivity contribution >= 4 is 11.9 Å². The van der Waals surface area contributed by atoms with Crippen LogP contribution in [0, 0.1) is 5.41 Å². The first-order chi connectivity index (χ1) is 10.4. The van der Waals surface area contributed by atoms with Crippen LogP contribution >= 0.6 is 0 Å². The second-order valence-corrected chi connectivity index (χ2v) is 5.54. The minimum absolute atomic E-state index is 0.170. The number of methoxy groups -OCH3 is 1. The van der Waals surface area contributed by atoms with Crippen molar-refractivity contribution in [1.82, 2.24) is 5.32 Å². The van der Waals surface area contributed by atoms with Crippen molar-refractivity contribution < 1.29 is 24.2 Å². The molecule has 1 aromatic rings. The van der Waals surface area contributed by atoms with E-state index in [2.05, 4.69) is 5.32 Å². The first kappa shape index (κ1) is 17.8. The molecule has 6 heteroatoms. The van der Waals surface area contributed by atoms with Crippen molar-refractivity contribution in [3.05, 3.63) is 24.3 Å². The Hall–Kier alpha value is -2.24. The predicted octanol–water partition coefficient (Wildman–Crippen LogP) is 2.08. The molecular weight excluding hydrogens is 286 g/mol. The standard InChI is InChI=1S/C16H23NO5/c1-16(2,15(19)20)9-10-17-14(18)8-11-22-13-7-5-4-6-12(13)21-3/h4-7H,8-11H2,1-3H3,(H,17,18)(H,19,20). The third kappa shape index (κ3) is 5.63. The summed E-state index contributed by atoms with van der Waals surface area (Å²) in [6.45, 7) is 3.82. The fourth-order valence-electron chi connectivity index (χ4n) is 1.70. The molecule has 0 fully saturated rings. The maximum Gasteiger partial charge on any atom is 0.309 e. The fourth-order valence-corrected chi connectivity index (χ4v) is 1.70. The zero-order valence-electron chi connectivity index (χ0n) is 13.2. The van der Waals surface area contributed by atoms with Gasteiger partial charge in [-0.1, -0.05) is 12.1 Å². The second-order valence-electron chi connectivity index (χ2n) is 5.54. The van der Waals surface area contributed by atoms with Gasteiger partial charge in [-0.25, -0.2) is 0 Å². The van der Waals surface area contributed by atoms with Crippen molar-refractivity contribution in [1.29, 1.82) is 0 Å². The molecule has 0 unspecified atom stereocenters. The molecule has 2 N–H and O–H groups in total. The van der Waals surface area contributed by atoms with Crippen LogP contribution in [0.25, 0.3) is 0 Å². The third-order valence-corrected chi connectivity index (χ3v) is 3.31. The molecule has 0 saturated carbocycles. The number of amides is 1. The first-order valence-corrected chi connectivity index (χ1v) is 7.13. The normalized spacial score (nSPS) is 10.9. The van der Waals surface area contributed by atoms with E-state index in [0.717, 1.165) is 0 Å². The van der Waals surface area contributed by atoms with Crippen LogP contribution in [0.5, 0.6) is 11.5 Å². The summed E-state index contributed by atoms with van der Waals surface area (Å²) in [5.74, 6) is 0.160. The van der Waals surface area contributed by atoms with Crippen LogP contribution in [0.15, 0.2) is 24.3 Å². The lowest BCUT2D eigenvalue weighted by molar-refractivity contribution is -0.147. The maximum absolute atomic E-state index is 11.7. The molecule has 0 radical (unpaired) electrons. The first-order valence-electron chi connectivity index (χ1n) is 7.13. The van der Waals surface area contributed by atoms with Crippen molar-refractivity contribution in [2.45, 2.75) is 26.7 Å². The molecule has 1 amide bonds. The molecule has 1 rings (SSSR count). The summed E-state index contributed by atoms with van der Waals surface area (Å²) in [4.78, 5) is 22.6. The van der Waals surface area contributed by atoms with Gasteiger partial charge in [-0.2, -0.15) is 0 Å². The van der Waals surface area contributed by atoms with Crippen molar-refractivity contribution in [2.24, 2.45) is 5.41 Å². The molecule has 0 aliphatic heterocycles. The van der Waals surface area contributed by atoms with Gasteiger partial charge in [-0.15, -0.1) is 0 Å². The quantitative estimate of drug-likeness (QED) is 0.729.